The maximum Gasteiger partial charge on any atom is 0.236 e. The second-order valence-corrected chi connectivity index (χ2v) is 7.40. The maximum atomic E-state index is 12.4. The van der Waals surface area contributed by atoms with Gasteiger partial charge in [0.15, 0.2) is 0 Å². The highest BCUT2D eigenvalue weighted by Gasteiger charge is 2.30. The largest absolute Gasteiger partial charge is 0.387 e. The Bertz CT molecular complexity index is 488. The van der Waals surface area contributed by atoms with E-state index in [1.165, 1.54) is 0 Å². The summed E-state index contributed by atoms with van der Waals surface area (Å²) in [6.45, 7) is 2.77. The summed E-state index contributed by atoms with van der Waals surface area (Å²) in [4.78, 5) is 15.4. The van der Waals surface area contributed by atoms with Gasteiger partial charge in [0.05, 0.1) is 18.8 Å². The number of likely N-dealkylation sites (tertiary alicyclic amines) is 1. The molecule has 2 aliphatic heterocycles. The van der Waals surface area contributed by atoms with Crippen molar-refractivity contribution in [2.24, 2.45) is 0 Å². The number of amides is 1. The molecule has 0 aromatic carbocycles. The van der Waals surface area contributed by atoms with Gasteiger partial charge in [0.2, 0.25) is 5.91 Å². The van der Waals surface area contributed by atoms with Crippen molar-refractivity contribution in [1.82, 2.24) is 10.2 Å². The van der Waals surface area contributed by atoms with E-state index in [-0.39, 0.29) is 18.1 Å². The van der Waals surface area contributed by atoms with Crippen LogP contribution in [0.1, 0.15) is 43.1 Å². The number of nitrogens with zero attached hydrogens (tertiary/aromatic N) is 1. The van der Waals surface area contributed by atoms with Crippen molar-refractivity contribution < 1.29 is 14.6 Å². The number of carbonyl (C=O) groups is 1. The predicted octanol–water partition coefficient (Wildman–Crippen LogP) is 1.93. The third-order valence-electron chi connectivity index (χ3n) is 4.74. The monoisotopic (exact) mass is 338 g/mol. The highest BCUT2D eigenvalue weighted by atomic mass is 32.1. The molecule has 0 aliphatic carbocycles. The Morgan fingerprint density at radius 2 is 2.39 bits per heavy atom. The molecule has 3 rings (SSSR count). The minimum atomic E-state index is -0.465. The number of hydrogen-bond donors (Lipinski definition) is 2. The molecule has 2 fully saturated rings. The average molecular weight is 338 g/mol. The highest BCUT2D eigenvalue weighted by molar-refractivity contribution is 7.10. The van der Waals surface area contributed by atoms with E-state index in [0.717, 1.165) is 50.3 Å². The molecular formula is C17H26N2O3S. The minimum Gasteiger partial charge on any atom is -0.387 e. The summed E-state index contributed by atoms with van der Waals surface area (Å²) in [5.41, 5.74) is 0. The average Bonchev–Trinajstić information content (AvgIpc) is 3.29. The quantitative estimate of drug-likeness (QED) is 0.797. The number of rotatable bonds is 7. The molecule has 5 nitrogen and oxygen atoms in total. The fraction of sp³-hybridized carbons (Fsp3) is 0.706. The lowest BCUT2D eigenvalue weighted by Crippen LogP contribution is -2.43. The number of carbonyl (C=O) groups excluding carboxylic acids is 1. The van der Waals surface area contributed by atoms with Gasteiger partial charge in [-0.15, -0.1) is 11.3 Å². The summed E-state index contributed by atoms with van der Waals surface area (Å²) in [6, 6.07) is 4.07. The zero-order chi connectivity index (χ0) is 16.1. The Hall–Kier alpha value is -0.950. The topological polar surface area (TPSA) is 61.8 Å². The molecule has 0 radical (unpaired) electrons. The van der Waals surface area contributed by atoms with Crippen LogP contribution >= 0.6 is 11.3 Å². The molecule has 1 aromatic rings. The Morgan fingerprint density at radius 3 is 3.13 bits per heavy atom. The van der Waals surface area contributed by atoms with E-state index >= 15 is 0 Å². The zero-order valence-electron chi connectivity index (χ0n) is 13.4. The number of aliphatic hydroxyl groups excluding tert-OH is 1. The lowest BCUT2D eigenvalue weighted by atomic mass is 10.1. The fourth-order valence-electron chi connectivity index (χ4n) is 3.51. The van der Waals surface area contributed by atoms with Gasteiger partial charge < -0.3 is 20.1 Å². The molecule has 6 heteroatoms. The second-order valence-electron chi connectivity index (χ2n) is 6.42. The highest BCUT2D eigenvalue weighted by Crippen LogP contribution is 2.29. The summed E-state index contributed by atoms with van der Waals surface area (Å²) < 4.78 is 5.56. The van der Waals surface area contributed by atoms with E-state index in [1.54, 1.807) is 11.3 Å². The van der Waals surface area contributed by atoms with E-state index in [1.807, 2.05) is 22.4 Å². The molecular weight excluding hydrogens is 312 g/mol. The first-order valence-electron chi connectivity index (χ1n) is 8.57. The Balaban J connectivity index is 1.44. The van der Waals surface area contributed by atoms with Crippen LogP contribution in [0.4, 0.5) is 0 Å². The fourth-order valence-corrected chi connectivity index (χ4v) is 4.24. The predicted molar refractivity (Wildman–Crippen MR) is 90.5 cm³/mol. The van der Waals surface area contributed by atoms with Crippen molar-refractivity contribution in [3.05, 3.63) is 22.4 Å². The smallest absolute Gasteiger partial charge is 0.236 e. The van der Waals surface area contributed by atoms with Gasteiger partial charge in [-0.25, -0.2) is 0 Å². The molecule has 128 valence electrons. The van der Waals surface area contributed by atoms with Crippen LogP contribution in [0.5, 0.6) is 0 Å². The van der Waals surface area contributed by atoms with Crippen LogP contribution < -0.4 is 5.32 Å². The molecule has 0 bridgehead atoms. The lowest BCUT2D eigenvalue weighted by Gasteiger charge is -2.26. The first kappa shape index (κ1) is 16.9. The molecule has 0 spiro atoms. The van der Waals surface area contributed by atoms with Gasteiger partial charge in [-0.2, -0.15) is 0 Å². The Labute approximate surface area is 141 Å². The van der Waals surface area contributed by atoms with Crippen LogP contribution in [0.15, 0.2) is 17.5 Å². The van der Waals surface area contributed by atoms with Crippen LogP contribution in [0.25, 0.3) is 0 Å². The number of aliphatic hydroxyl groups is 1. The van der Waals surface area contributed by atoms with Crippen LogP contribution in [0, 0.1) is 0 Å². The van der Waals surface area contributed by atoms with Gasteiger partial charge in [0.25, 0.3) is 0 Å². The number of hydrogen-bond acceptors (Lipinski definition) is 5. The van der Waals surface area contributed by atoms with E-state index in [9.17, 15) is 9.90 Å². The molecule has 3 heterocycles. The minimum absolute atomic E-state index is 0.142. The molecule has 3 atom stereocenters. The van der Waals surface area contributed by atoms with Crippen molar-refractivity contribution in [2.75, 3.05) is 26.2 Å². The summed E-state index contributed by atoms with van der Waals surface area (Å²) >= 11 is 1.57. The van der Waals surface area contributed by atoms with Gasteiger partial charge in [-0.1, -0.05) is 6.07 Å². The molecule has 1 aromatic heterocycles. The third kappa shape index (κ3) is 4.53. The third-order valence-corrected chi connectivity index (χ3v) is 5.71. The second kappa shape index (κ2) is 8.24. The van der Waals surface area contributed by atoms with Crippen LogP contribution in [0.3, 0.4) is 0 Å². The van der Waals surface area contributed by atoms with Crippen LogP contribution in [0.2, 0.25) is 0 Å². The number of ether oxygens (including phenoxy) is 1. The van der Waals surface area contributed by atoms with Crippen molar-refractivity contribution in [3.8, 4) is 0 Å². The number of thiophene rings is 1. The maximum absolute atomic E-state index is 12.4. The van der Waals surface area contributed by atoms with Crippen molar-refractivity contribution in [2.45, 2.75) is 50.4 Å². The normalized spacial score (nSPS) is 25.9. The van der Waals surface area contributed by atoms with E-state index < -0.39 is 6.10 Å². The molecule has 2 saturated heterocycles. The van der Waals surface area contributed by atoms with Crippen molar-refractivity contribution >= 4 is 17.2 Å². The lowest BCUT2D eigenvalue weighted by molar-refractivity contribution is -0.131. The molecule has 3 unspecified atom stereocenters. The van der Waals surface area contributed by atoms with Crippen LogP contribution in [-0.4, -0.2) is 54.3 Å². The molecule has 2 aliphatic rings. The SMILES string of the molecule is O=C(CNCC1CCCO1)N1CCCC1CC(O)c1cccs1. The van der Waals surface area contributed by atoms with Gasteiger partial charge in [-0.05, 0) is 43.6 Å². The molecule has 2 N–H and O–H groups in total. The van der Waals surface area contributed by atoms with Gasteiger partial charge in [0, 0.05) is 30.6 Å². The zero-order valence-corrected chi connectivity index (χ0v) is 14.3. The van der Waals surface area contributed by atoms with E-state index in [2.05, 4.69) is 5.32 Å². The van der Waals surface area contributed by atoms with Crippen LogP contribution in [-0.2, 0) is 9.53 Å². The summed E-state index contributed by atoms with van der Waals surface area (Å²) in [6.07, 6.45) is 4.65. The first-order valence-corrected chi connectivity index (χ1v) is 9.45. The first-order chi connectivity index (χ1) is 11.2. The van der Waals surface area contributed by atoms with E-state index in [0.29, 0.717) is 13.0 Å². The van der Waals surface area contributed by atoms with Gasteiger partial charge >= 0.3 is 0 Å². The summed E-state index contributed by atoms with van der Waals surface area (Å²) in [5.74, 6) is 0.142. The molecule has 1 amide bonds. The summed E-state index contributed by atoms with van der Waals surface area (Å²) in [5, 5.41) is 15.5. The Morgan fingerprint density at radius 1 is 1.48 bits per heavy atom. The summed E-state index contributed by atoms with van der Waals surface area (Å²) in [7, 11) is 0. The molecule has 0 saturated carbocycles. The standard InChI is InChI=1S/C17H26N2O3S/c20-15(16-6-3-9-23-16)10-13-4-1-7-19(13)17(21)12-18-11-14-5-2-8-22-14/h3,6,9,13-15,18,20H,1-2,4-5,7-8,10-12H2. The Kier molecular flexibility index (Phi) is 6.05. The van der Waals surface area contributed by atoms with Crippen molar-refractivity contribution in [3.63, 3.8) is 0 Å². The molecule has 23 heavy (non-hydrogen) atoms. The van der Waals surface area contributed by atoms with Gasteiger partial charge in [-0.3, -0.25) is 4.79 Å². The number of nitrogens with one attached hydrogen (secondary N) is 1. The van der Waals surface area contributed by atoms with Crippen molar-refractivity contribution in [1.29, 1.82) is 0 Å². The van der Waals surface area contributed by atoms with Gasteiger partial charge in [0.1, 0.15) is 0 Å². The van der Waals surface area contributed by atoms with E-state index in [4.69, 9.17) is 4.74 Å².